The van der Waals surface area contributed by atoms with Gasteiger partial charge in [-0.05, 0) is 107 Å². The first-order valence-electron chi connectivity index (χ1n) is 34.7. The summed E-state index contributed by atoms with van der Waals surface area (Å²) in [5, 5.41) is 12.3. The summed E-state index contributed by atoms with van der Waals surface area (Å²) in [5.41, 5.74) is 12.2. The zero-order valence-electron chi connectivity index (χ0n) is 55.5. The molecule has 0 amide bonds. The van der Waals surface area contributed by atoms with Gasteiger partial charge < -0.3 is 0 Å². The maximum Gasteiger partial charge on any atom is 0.0530 e. The third-order valence-electron chi connectivity index (χ3n) is 22.9. The van der Waals surface area contributed by atoms with Gasteiger partial charge in [-0.3, -0.25) is 0 Å². The van der Waals surface area contributed by atoms with E-state index in [1.54, 1.807) is 33.0 Å². The topological polar surface area (TPSA) is 0 Å². The first kappa shape index (κ1) is 67.9. The SMILES string of the molecule is CCCCCCCCC#Cc1c2c(CC[Si](CC)(CC)CC)c3ccccc3c(CC[Si](CC)(CC)CC)c2c(C#CCCCCCCCC)c2c(CC[Si](CC)(CC)CC)c3cc(C)c(C)cc3c(CC[Si](CC)(CC)CC)c12. The van der Waals surface area contributed by atoms with E-state index in [4.69, 9.17) is 0 Å². The van der Waals surface area contributed by atoms with Crippen molar-refractivity contribution in [2.75, 3.05) is 0 Å². The molecule has 0 spiro atoms. The third-order valence-corrected chi connectivity index (χ3v) is 46.2. The summed E-state index contributed by atoms with van der Waals surface area (Å²) >= 11 is 0. The summed E-state index contributed by atoms with van der Waals surface area (Å²) < 4.78 is 0. The van der Waals surface area contributed by atoms with Crippen LogP contribution < -0.4 is 0 Å². The lowest BCUT2D eigenvalue weighted by atomic mass is 9.78. The van der Waals surface area contributed by atoms with Gasteiger partial charge in [-0.25, -0.2) is 0 Å². The van der Waals surface area contributed by atoms with E-state index in [0.717, 1.165) is 38.5 Å². The minimum Gasteiger partial charge on any atom is -0.0978 e. The molecule has 5 aromatic rings. The van der Waals surface area contributed by atoms with Crippen LogP contribution in [0.2, 0.25) is 96.7 Å². The molecule has 5 rings (SSSR count). The van der Waals surface area contributed by atoms with E-state index in [0.29, 0.717) is 0 Å². The minimum absolute atomic E-state index is 0.975. The number of fused-ring (bicyclic) bond motifs is 4. The number of aryl methyl sites for hydroxylation is 6. The molecule has 5 aromatic carbocycles. The van der Waals surface area contributed by atoms with Crippen molar-refractivity contribution in [1.29, 1.82) is 0 Å². The Hall–Kier alpha value is -2.87. The highest BCUT2D eigenvalue weighted by Gasteiger charge is 2.34. The smallest absolute Gasteiger partial charge is 0.0530 e. The molecular formula is C76H122Si4. The summed E-state index contributed by atoms with van der Waals surface area (Å²) in [4.78, 5) is 0. The molecular weight excluding hydrogens is 1030 g/mol. The van der Waals surface area contributed by atoms with E-state index >= 15 is 0 Å². The number of benzene rings is 5. The van der Waals surface area contributed by atoms with Crippen LogP contribution in [0.4, 0.5) is 0 Å². The van der Waals surface area contributed by atoms with E-state index in [2.05, 4.69) is 171 Å². The molecule has 0 unspecified atom stereocenters. The van der Waals surface area contributed by atoms with Gasteiger partial charge in [-0.15, -0.1) is 0 Å². The Morgan fingerprint density at radius 1 is 0.312 bits per heavy atom. The fourth-order valence-corrected chi connectivity index (χ4v) is 28.4. The monoisotopic (exact) mass is 1150 g/mol. The molecule has 0 radical (unpaired) electrons. The van der Waals surface area contributed by atoms with E-state index < -0.39 is 32.3 Å². The Bertz CT molecular complexity index is 2620. The van der Waals surface area contributed by atoms with Crippen molar-refractivity contribution in [3.63, 3.8) is 0 Å². The zero-order valence-corrected chi connectivity index (χ0v) is 59.5. The first-order valence-corrected chi connectivity index (χ1v) is 46.0. The van der Waals surface area contributed by atoms with E-state index in [9.17, 15) is 0 Å². The highest BCUT2D eigenvalue weighted by molar-refractivity contribution is 6.81. The van der Waals surface area contributed by atoms with Crippen LogP contribution in [0, 0.1) is 37.5 Å². The molecule has 0 nitrogen and oxygen atoms in total. The average Bonchev–Trinajstić information content (AvgIpc) is 3.32. The van der Waals surface area contributed by atoms with Gasteiger partial charge in [0.1, 0.15) is 0 Å². The van der Waals surface area contributed by atoms with Crippen LogP contribution in [-0.2, 0) is 25.7 Å². The normalized spacial score (nSPS) is 12.5. The molecule has 442 valence electrons. The van der Waals surface area contributed by atoms with Crippen molar-refractivity contribution in [2.45, 2.75) is 323 Å². The number of hydrogen-bond donors (Lipinski definition) is 0. The van der Waals surface area contributed by atoms with Gasteiger partial charge >= 0.3 is 0 Å². The van der Waals surface area contributed by atoms with Crippen LogP contribution in [0.25, 0.3) is 43.1 Å². The maximum absolute atomic E-state index is 4.38. The second-order valence-electron chi connectivity index (χ2n) is 26.1. The molecule has 80 heavy (non-hydrogen) atoms. The summed E-state index contributed by atoms with van der Waals surface area (Å²) in [6, 6.07) is 37.0. The van der Waals surface area contributed by atoms with E-state index in [1.165, 1.54) is 228 Å². The standard InChI is InChI=1S/C76H122Si4/c1-17-31-33-35-37-39-41-43-49-69-73-65(51-55-77(19-3,20-4)21-5)63-47-45-46-48-64(63)66(52-56-78(22-6,23-7)24-8)74(73)70(50-44-42-40-38-36-34-32-18-2)76-68(54-58-80(28-12,29-13)30-14)72-60-62(16)61(15)59-71(72)67(75(69)76)53-57-79(25-9,26-10)27-11/h45-48,59-60H,17-42,51-58H2,1-16H3. The van der Waals surface area contributed by atoms with Gasteiger partial charge in [0.25, 0.3) is 0 Å². The van der Waals surface area contributed by atoms with Crippen molar-refractivity contribution in [3.8, 4) is 23.7 Å². The summed E-state index contributed by atoms with van der Waals surface area (Å²) in [7, 11) is -6.12. The Labute approximate surface area is 499 Å². The van der Waals surface area contributed by atoms with Crippen molar-refractivity contribution in [1.82, 2.24) is 0 Å². The molecule has 0 bridgehead atoms. The predicted molar refractivity (Wildman–Crippen MR) is 379 cm³/mol. The molecule has 0 aliphatic heterocycles. The van der Waals surface area contributed by atoms with Crippen molar-refractivity contribution < 1.29 is 0 Å². The Morgan fingerprint density at radius 3 is 0.825 bits per heavy atom. The van der Waals surface area contributed by atoms with Crippen molar-refractivity contribution in [2.24, 2.45) is 0 Å². The lowest BCUT2D eigenvalue weighted by Gasteiger charge is -2.32. The fraction of sp³-hybridized carbons (Fsp3) is 0.658. The van der Waals surface area contributed by atoms with Crippen LogP contribution in [0.3, 0.4) is 0 Å². The summed E-state index contributed by atoms with van der Waals surface area (Å²) in [5.74, 6) is 17.0. The molecule has 0 N–H and O–H groups in total. The molecule has 0 saturated heterocycles. The van der Waals surface area contributed by atoms with Crippen LogP contribution in [0.1, 0.15) is 231 Å². The second-order valence-corrected chi connectivity index (χ2v) is 48.6. The van der Waals surface area contributed by atoms with Gasteiger partial charge in [0, 0.05) is 45.5 Å². The van der Waals surface area contributed by atoms with Crippen LogP contribution >= 0.6 is 0 Å². The van der Waals surface area contributed by atoms with E-state index in [-0.39, 0.29) is 0 Å². The fourth-order valence-electron chi connectivity index (χ4n) is 15.1. The van der Waals surface area contributed by atoms with Gasteiger partial charge in [-0.1, -0.05) is 318 Å². The van der Waals surface area contributed by atoms with Crippen LogP contribution in [0.5, 0.6) is 0 Å². The quantitative estimate of drug-likeness (QED) is 0.0162. The number of hydrogen-bond acceptors (Lipinski definition) is 0. The average molecular weight is 1150 g/mol. The molecule has 0 heterocycles. The molecule has 0 saturated carbocycles. The first-order chi connectivity index (χ1) is 38.8. The second kappa shape index (κ2) is 33.6. The largest absolute Gasteiger partial charge is 0.0978 e. The van der Waals surface area contributed by atoms with Crippen LogP contribution in [-0.4, -0.2) is 32.3 Å². The zero-order chi connectivity index (χ0) is 58.4. The molecule has 4 heteroatoms. The predicted octanol–water partition coefficient (Wildman–Crippen LogP) is 25.3. The third kappa shape index (κ3) is 16.1. The van der Waals surface area contributed by atoms with Gasteiger partial charge in [-0.2, -0.15) is 0 Å². The van der Waals surface area contributed by atoms with Crippen molar-refractivity contribution >= 4 is 75.4 Å². The summed E-state index contributed by atoms with van der Waals surface area (Å²) in [6.45, 7) is 40.0. The summed E-state index contributed by atoms with van der Waals surface area (Å²) in [6.07, 6.45) is 22.1. The molecule has 0 aliphatic rings. The molecule has 0 aromatic heterocycles. The Kier molecular flexibility index (Phi) is 28.5. The van der Waals surface area contributed by atoms with Crippen molar-refractivity contribution in [3.05, 3.63) is 80.9 Å². The lowest BCUT2D eigenvalue weighted by molar-refractivity contribution is 0.614. The lowest BCUT2D eigenvalue weighted by Crippen LogP contribution is -2.32. The molecule has 0 aliphatic carbocycles. The number of unbranched alkanes of at least 4 members (excludes halogenated alkanes) is 12. The highest BCUT2D eigenvalue weighted by Crippen LogP contribution is 2.49. The minimum atomic E-state index is -1.54. The Balaban J connectivity index is 2.23. The van der Waals surface area contributed by atoms with Gasteiger partial charge in [0.05, 0.1) is 32.3 Å². The number of rotatable bonds is 36. The van der Waals surface area contributed by atoms with Gasteiger partial charge in [0.15, 0.2) is 0 Å². The van der Waals surface area contributed by atoms with Crippen LogP contribution in [0.15, 0.2) is 36.4 Å². The molecule has 0 atom stereocenters. The highest BCUT2D eigenvalue weighted by atomic mass is 28.3. The Morgan fingerprint density at radius 2 is 0.562 bits per heavy atom. The van der Waals surface area contributed by atoms with E-state index in [1.807, 2.05) is 0 Å². The maximum atomic E-state index is 4.38. The molecule has 0 fully saturated rings. The van der Waals surface area contributed by atoms with Gasteiger partial charge in [0.2, 0.25) is 0 Å².